The van der Waals surface area contributed by atoms with E-state index in [2.05, 4.69) is 20.7 Å². The maximum absolute atomic E-state index is 11.1. The van der Waals surface area contributed by atoms with Gasteiger partial charge in [0.25, 0.3) is 0 Å². The van der Waals surface area contributed by atoms with Crippen molar-refractivity contribution in [3.05, 3.63) is 68.1 Å². The Balaban J connectivity index is 2.16. The number of rotatable bonds is 5. The predicted octanol–water partition coefficient (Wildman–Crippen LogP) is 5.52. The molecule has 3 nitrogen and oxygen atoms in total. The maximum atomic E-state index is 11.1. The molecule has 0 saturated heterocycles. The third-order valence-corrected chi connectivity index (χ3v) is 4.20. The lowest BCUT2D eigenvalue weighted by Gasteiger charge is -2.12. The first-order chi connectivity index (χ1) is 11.0. The Kier molecular flexibility index (Phi) is 6.51. The number of carbonyl (C=O) groups excluding carboxylic acids is 1. The van der Waals surface area contributed by atoms with Gasteiger partial charge in [0, 0.05) is 16.7 Å². The maximum Gasteiger partial charge on any atom is 0.330 e. The summed E-state index contributed by atoms with van der Waals surface area (Å²) in [7, 11) is 1.32. The number of halogens is 3. The van der Waals surface area contributed by atoms with Crippen LogP contribution in [-0.4, -0.2) is 13.1 Å². The number of hydrogen-bond donors (Lipinski definition) is 0. The summed E-state index contributed by atoms with van der Waals surface area (Å²) in [6.07, 6.45) is 2.93. The average molecular weight is 416 g/mol. The summed E-state index contributed by atoms with van der Waals surface area (Å²) in [6.45, 7) is 0.301. The van der Waals surface area contributed by atoms with Crippen molar-refractivity contribution in [1.82, 2.24) is 0 Å². The molecular weight excluding hydrogens is 403 g/mol. The monoisotopic (exact) mass is 414 g/mol. The number of methoxy groups -OCH3 is 1. The second-order valence-electron chi connectivity index (χ2n) is 4.55. The van der Waals surface area contributed by atoms with Crippen molar-refractivity contribution in [2.24, 2.45) is 0 Å². The van der Waals surface area contributed by atoms with Gasteiger partial charge in [0.15, 0.2) is 5.75 Å². The molecule has 0 amide bonds. The molecule has 0 heterocycles. The van der Waals surface area contributed by atoms with Crippen LogP contribution in [0.3, 0.4) is 0 Å². The van der Waals surface area contributed by atoms with Crippen LogP contribution in [0.5, 0.6) is 5.75 Å². The van der Waals surface area contributed by atoms with Gasteiger partial charge in [-0.2, -0.15) is 0 Å². The van der Waals surface area contributed by atoms with E-state index in [1.165, 1.54) is 13.2 Å². The molecule has 0 N–H and O–H groups in total. The van der Waals surface area contributed by atoms with Crippen molar-refractivity contribution in [2.45, 2.75) is 6.61 Å². The third-order valence-electron chi connectivity index (χ3n) is 2.96. The van der Waals surface area contributed by atoms with Crippen molar-refractivity contribution in [3.63, 3.8) is 0 Å². The summed E-state index contributed by atoms with van der Waals surface area (Å²) in [5, 5.41) is 1.06. The highest BCUT2D eigenvalue weighted by atomic mass is 79.9. The molecule has 23 heavy (non-hydrogen) atoms. The van der Waals surface area contributed by atoms with Crippen molar-refractivity contribution in [3.8, 4) is 5.75 Å². The minimum Gasteiger partial charge on any atom is -0.486 e. The Morgan fingerprint density at radius 3 is 2.61 bits per heavy atom. The van der Waals surface area contributed by atoms with Crippen LogP contribution < -0.4 is 4.74 Å². The van der Waals surface area contributed by atoms with Crippen molar-refractivity contribution in [1.29, 1.82) is 0 Å². The van der Waals surface area contributed by atoms with E-state index in [0.717, 1.165) is 11.1 Å². The fourth-order valence-electron chi connectivity index (χ4n) is 1.81. The topological polar surface area (TPSA) is 35.5 Å². The minimum absolute atomic E-state index is 0.301. The smallest absolute Gasteiger partial charge is 0.330 e. The Bertz CT molecular complexity index is 721. The van der Waals surface area contributed by atoms with Crippen LogP contribution in [0.4, 0.5) is 0 Å². The molecule has 0 fully saturated rings. The lowest BCUT2D eigenvalue weighted by atomic mass is 10.2. The summed E-state index contributed by atoms with van der Waals surface area (Å²) in [6, 6.07) is 10.9. The number of ether oxygens (including phenoxy) is 2. The number of carbonyl (C=O) groups is 1. The Morgan fingerprint density at radius 2 is 1.96 bits per heavy atom. The standard InChI is InChI=1S/C17H13BrCl2O3/c1-22-16(21)7-6-11-8-13(18)17(15(20)9-11)23-10-12-4-2-3-5-14(12)19/h2-9H,10H2,1H3/b7-6+. The van der Waals surface area contributed by atoms with E-state index in [0.29, 0.717) is 26.9 Å². The molecular formula is C17H13BrCl2O3. The molecule has 0 spiro atoms. The minimum atomic E-state index is -0.434. The first-order valence-electron chi connectivity index (χ1n) is 6.62. The molecule has 2 aromatic rings. The first kappa shape index (κ1) is 17.9. The summed E-state index contributed by atoms with van der Waals surface area (Å²) < 4.78 is 11.0. The zero-order valence-electron chi connectivity index (χ0n) is 12.2. The summed E-state index contributed by atoms with van der Waals surface area (Å²) in [5.41, 5.74) is 1.61. The van der Waals surface area contributed by atoms with Crippen LogP contribution in [-0.2, 0) is 16.1 Å². The fourth-order valence-corrected chi connectivity index (χ4v) is 2.99. The largest absolute Gasteiger partial charge is 0.486 e. The molecule has 0 saturated carbocycles. The average Bonchev–Trinajstić information content (AvgIpc) is 2.53. The van der Waals surface area contributed by atoms with E-state index in [1.807, 2.05) is 18.2 Å². The SMILES string of the molecule is COC(=O)/C=C/c1cc(Cl)c(OCc2ccccc2Cl)c(Br)c1. The molecule has 0 aliphatic rings. The molecule has 2 rings (SSSR count). The lowest BCUT2D eigenvalue weighted by molar-refractivity contribution is -0.134. The highest BCUT2D eigenvalue weighted by molar-refractivity contribution is 9.10. The third kappa shape index (κ3) is 4.99. The van der Waals surface area contributed by atoms with Gasteiger partial charge >= 0.3 is 5.97 Å². The Labute approximate surface area is 152 Å². The quantitative estimate of drug-likeness (QED) is 0.476. The second kappa shape index (κ2) is 8.39. The molecule has 0 bridgehead atoms. The van der Waals surface area contributed by atoms with Gasteiger partial charge < -0.3 is 9.47 Å². The van der Waals surface area contributed by atoms with Crippen LogP contribution in [0.25, 0.3) is 6.08 Å². The van der Waals surface area contributed by atoms with Gasteiger partial charge in [-0.15, -0.1) is 0 Å². The Morgan fingerprint density at radius 1 is 1.22 bits per heavy atom. The van der Waals surface area contributed by atoms with Gasteiger partial charge in [-0.1, -0.05) is 41.4 Å². The molecule has 0 aromatic heterocycles. The van der Waals surface area contributed by atoms with Crippen LogP contribution in [0.2, 0.25) is 10.0 Å². The molecule has 6 heteroatoms. The van der Waals surface area contributed by atoms with Gasteiger partial charge in [-0.25, -0.2) is 4.79 Å². The number of hydrogen-bond acceptors (Lipinski definition) is 3. The lowest BCUT2D eigenvalue weighted by Crippen LogP contribution is -1.98. The molecule has 0 unspecified atom stereocenters. The molecule has 0 aliphatic carbocycles. The van der Waals surface area contributed by atoms with Crippen LogP contribution >= 0.6 is 39.1 Å². The first-order valence-corrected chi connectivity index (χ1v) is 8.17. The van der Waals surface area contributed by atoms with Crippen LogP contribution in [0.1, 0.15) is 11.1 Å². The van der Waals surface area contributed by atoms with Gasteiger partial charge in [0.05, 0.1) is 16.6 Å². The van der Waals surface area contributed by atoms with E-state index in [1.54, 1.807) is 24.3 Å². The zero-order valence-corrected chi connectivity index (χ0v) is 15.3. The number of benzene rings is 2. The molecule has 0 atom stereocenters. The molecule has 2 aromatic carbocycles. The van der Waals surface area contributed by atoms with Crippen LogP contribution in [0.15, 0.2) is 46.9 Å². The number of esters is 1. The molecule has 0 aliphatic heterocycles. The van der Waals surface area contributed by atoms with E-state index in [9.17, 15) is 4.79 Å². The normalized spacial score (nSPS) is 10.8. The van der Waals surface area contributed by atoms with E-state index >= 15 is 0 Å². The highest BCUT2D eigenvalue weighted by Gasteiger charge is 2.10. The Hall–Kier alpha value is -1.49. The summed E-state index contributed by atoms with van der Waals surface area (Å²) in [5.74, 6) is 0.0816. The second-order valence-corrected chi connectivity index (χ2v) is 6.22. The summed E-state index contributed by atoms with van der Waals surface area (Å²) >= 11 is 15.8. The van der Waals surface area contributed by atoms with E-state index < -0.39 is 5.97 Å². The zero-order chi connectivity index (χ0) is 16.8. The van der Waals surface area contributed by atoms with Gasteiger partial charge in [0.1, 0.15) is 6.61 Å². The van der Waals surface area contributed by atoms with E-state index in [4.69, 9.17) is 27.9 Å². The molecule has 0 radical (unpaired) electrons. The highest BCUT2D eigenvalue weighted by Crippen LogP contribution is 2.35. The van der Waals surface area contributed by atoms with Crippen LogP contribution in [0, 0.1) is 0 Å². The van der Waals surface area contributed by atoms with Crippen molar-refractivity contribution < 1.29 is 14.3 Å². The van der Waals surface area contributed by atoms with Gasteiger partial charge in [0.2, 0.25) is 0 Å². The predicted molar refractivity (Wildman–Crippen MR) is 96.0 cm³/mol. The van der Waals surface area contributed by atoms with Crippen molar-refractivity contribution in [2.75, 3.05) is 7.11 Å². The fraction of sp³-hybridized carbons (Fsp3) is 0.118. The van der Waals surface area contributed by atoms with E-state index in [-0.39, 0.29) is 0 Å². The van der Waals surface area contributed by atoms with Crippen molar-refractivity contribution >= 4 is 51.2 Å². The van der Waals surface area contributed by atoms with Gasteiger partial charge in [-0.05, 0) is 45.8 Å². The molecule has 120 valence electrons. The summed E-state index contributed by atoms with van der Waals surface area (Å²) in [4.78, 5) is 11.1. The van der Waals surface area contributed by atoms with Gasteiger partial charge in [-0.3, -0.25) is 0 Å².